The second-order valence-electron chi connectivity index (χ2n) is 7.56. The smallest absolute Gasteiger partial charge is 0.312 e. The number of benzene rings is 3. The molecule has 1 aromatic heterocycles. The Morgan fingerprint density at radius 3 is 2.56 bits per heavy atom. The van der Waals surface area contributed by atoms with E-state index in [2.05, 4.69) is 41.9 Å². The maximum atomic E-state index is 12.9. The van der Waals surface area contributed by atoms with E-state index in [9.17, 15) is 14.9 Å². The van der Waals surface area contributed by atoms with Gasteiger partial charge >= 0.3 is 5.69 Å². The van der Waals surface area contributed by atoms with Gasteiger partial charge in [-0.2, -0.15) is 9.78 Å². The van der Waals surface area contributed by atoms with Gasteiger partial charge in [-0.15, -0.1) is 0 Å². The molecule has 10 heteroatoms. The molecule has 34 heavy (non-hydrogen) atoms. The molecule has 0 spiro atoms. The largest absolute Gasteiger partial charge is 0.481 e. The molecule has 0 aliphatic heterocycles. The molecule has 0 aliphatic carbocycles. The first-order valence-corrected chi connectivity index (χ1v) is 11.7. The fraction of sp³-hybridized carbons (Fsp3) is 0.125. The van der Waals surface area contributed by atoms with Crippen LogP contribution in [0.1, 0.15) is 22.5 Å². The first-order chi connectivity index (χ1) is 16.2. The van der Waals surface area contributed by atoms with Crippen LogP contribution in [0.3, 0.4) is 0 Å². The molecule has 0 atom stereocenters. The predicted octanol–water partition coefficient (Wildman–Crippen LogP) is 5.91. The predicted molar refractivity (Wildman–Crippen MR) is 138 cm³/mol. The lowest BCUT2D eigenvalue weighted by atomic mass is 10.1. The summed E-state index contributed by atoms with van der Waals surface area (Å²) in [4.78, 5) is 28.5. The van der Waals surface area contributed by atoms with Crippen LogP contribution in [0, 0.1) is 24.0 Å². The van der Waals surface area contributed by atoms with Crippen LogP contribution in [0.2, 0.25) is 0 Å². The number of halogens is 2. The van der Waals surface area contributed by atoms with E-state index in [-0.39, 0.29) is 23.6 Å². The van der Waals surface area contributed by atoms with E-state index in [1.807, 2.05) is 31.2 Å². The van der Waals surface area contributed by atoms with Crippen molar-refractivity contribution >= 4 is 54.7 Å². The highest BCUT2D eigenvalue weighted by Gasteiger charge is 2.20. The molecule has 0 fully saturated rings. The number of hydrogen-bond acceptors (Lipinski definition) is 6. The van der Waals surface area contributed by atoms with Crippen LogP contribution in [0.25, 0.3) is 10.9 Å². The molecule has 4 aromatic rings. The molecule has 1 heterocycles. The topological polar surface area (TPSA) is 99.6 Å². The average molecular weight is 586 g/mol. The Morgan fingerprint density at radius 1 is 1.12 bits per heavy atom. The van der Waals surface area contributed by atoms with Gasteiger partial charge in [0.05, 0.1) is 26.5 Å². The number of ether oxygens (including phenoxy) is 1. The summed E-state index contributed by atoms with van der Waals surface area (Å²) in [5, 5.41) is 16.4. The van der Waals surface area contributed by atoms with Gasteiger partial charge in [0.15, 0.2) is 0 Å². The molecule has 0 N–H and O–H groups in total. The number of nitro benzene ring substituents is 1. The van der Waals surface area contributed by atoms with Crippen molar-refractivity contribution in [3.63, 3.8) is 0 Å². The minimum atomic E-state index is -0.515. The Labute approximate surface area is 211 Å². The molecule has 0 unspecified atom stereocenters. The van der Waals surface area contributed by atoms with Gasteiger partial charge in [-0.25, -0.2) is 4.98 Å². The second kappa shape index (κ2) is 9.86. The fourth-order valence-electron chi connectivity index (χ4n) is 3.31. The van der Waals surface area contributed by atoms with Crippen LogP contribution in [-0.2, 0) is 6.61 Å². The molecule has 4 rings (SSSR count). The van der Waals surface area contributed by atoms with Crippen molar-refractivity contribution in [2.24, 2.45) is 5.10 Å². The summed E-state index contributed by atoms with van der Waals surface area (Å²) in [6.45, 7) is 3.83. The summed E-state index contributed by atoms with van der Waals surface area (Å²) in [5.41, 5.74) is 2.43. The highest BCUT2D eigenvalue weighted by Crippen LogP contribution is 2.36. The minimum absolute atomic E-state index is 0.119. The summed E-state index contributed by atoms with van der Waals surface area (Å²) >= 11 is 6.73. The fourth-order valence-corrected chi connectivity index (χ4v) is 4.26. The lowest BCUT2D eigenvalue weighted by Gasteiger charge is -2.10. The lowest BCUT2D eigenvalue weighted by Crippen LogP contribution is -2.20. The van der Waals surface area contributed by atoms with Crippen molar-refractivity contribution in [3.05, 3.63) is 107 Å². The molecule has 0 radical (unpaired) electrons. The Morgan fingerprint density at radius 2 is 1.85 bits per heavy atom. The standard InChI is InChI=1S/C24H18Br2N4O4/c1-14-3-5-16(6-4-14)13-34-23-20(26)9-17(10-22(23)30(32)33)12-27-29-15(2)28-21-8-7-18(25)11-19(21)24(29)31/h3-12H,13H2,1-2H3. The summed E-state index contributed by atoms with van der Waals surface area (Å²) in [5.74, 6) is 0.510. The van der Waals surface area contributed by atoms with Crippen LogP contribution in [-0.4, -0.2) is 20.8 Å². The molecule has 8 nitrogen and oxygen atoms in total. The summed E-state index contributed by atoms with van der Waals surface area (Å²) < 4.78 is 8.08. The van der Waals surface area contributed by atoms with Gasteiger partial charge < -0.3 is 4.74 Å². The van der Waals surface area contributed by atoms with Gasteiger partial charge in [0, 0.05) is 16.1 Å². The zero-order chi connectivity index (χ0) is 24.4. The van der Waals surface area contributed by atoms with E-state index in [1.165, 1.54) is 12.3 Å². The monoisotopic (exact) mass is 584 g/mol. The minimum Gasteiger partial charge on any atom is -0.481 e. The van der Waals surface area contributed by atoms with Gasteiger partial charge in [0.1, 0.15) is 12.4 Å². The first kappa shape index (κ1) is 23.8. The van der Waals surface area contributed by atoms with E-state index < -0.39 is 4.92 Å². The average Bonchev–Trinajstić information content (AvgIpc) is 2.79. The molecular weight excluding hydrogens is 568 g/mol. The van der Waals surface area contributed by atoms with Crippen molar-refractivity contribution in [3.8, 4) is 5.75 Å². The van der Waals surface area contributed by atoms with Crippen molar-refractivity contribution in [2.75, 3.05) is 0 Å². The number of hydrogen-bond donors (Lipinski definition) is 0. The molecule has 0 bridgehead atoms. The number of nitrogens with zero attached hydrogens (tertiary/aromatic N) is 4. The number of aromatic nitrogens is 2. The van der Waals surface area contributed by atoms with E-state index >= 15 is 0 Å². The zero-order valence-electron chi connectivity index (χ0n) is 18.2. The third-order valence-electron chi connectivity index (χ3n) is 5.04. The van der Waals surface area contributed by atoms with Crippen molar-refractivity contribution < 1.29 is 9.66 Å². The molecule has 0 saturated carbocycles. The van der Waals surface area contributed by atoms with Crippen LogP contribution in [0.5, 0.6) is 5.75 Å². The second-order valence-corrected chi connectivity index (χ2v) is 9.33. The van der Waals surface area contributed by atoms with E-state index in [1.54, 1.807) is 31.2 Å². The summed E-state index contributed by atoms with van der Waals surface area (Å²) in [6, 6.07) is 15.9. The highest BCUT2D eigenvalue weighted by atomic mass is 79.9. The molecule has 0 aliphatic rings. The Hall–Kier alpha value is -3.37. The number of fused-ring (bicyclic) bond motifs is 1. The van der Waals surface area contributed by atoms with E-state index in [0.717, 1.165) is 20.3 Å². The molecular formula is C24H18Br2N4O4. The van der Waals surface area contributed by atoms with E-state index in [4.69, 9.17) is 4.74 Å². The first-order valence-electron chi connectivity index (χ1n) is 10.1. The number of aryl methyl sites for hydroxylation is 2. The number of nitro groups is 1. The molecule has 0 amide bonds. The van der Waals surface area contributed by atoms with Gasteiger partial charge in [-0.3, -0.25) is 14.9 Å². The third kappa shape index (κ3) is 5.07. The highest BCUT2D eigenvalue weighted by molar-refractivity contribution is 9.10. The van der Waals surface area contributed by atoms with Crippen LogP contribution in [0.15, 0.2) is 73.4 Å². The van der Waals surface area contributed by atoms with Crippen molar-refractivity contribution in [1.29, 1.82) is 0 Å². The van der Waals surface area contributed by atoms with E-state index in [0.29, 0.717) is 26.8 Å². The van der Waals surface area contributed by atoms with Crippen molar-refractivity contribution in [1.82, 2.24) is 9.66 Å². The Bertz CT molecular complexity index is 1500. The van der Waals surface area contributed by atoms with Gasteiger partial charge in [-0.1, -0.05) is 45.8 Å². The molecule has 172 valence electrons. The Kier molecular flexibility index (Phi) is 6.90. The summed E-state index contributed by atoms with van der Waals surface area (Å²) in [7, 11) is 0. The maximum absolute atomic E-state index is 12.9. The zero-order valence-corrected chi connectivity index (χ0v) is 21.3. The Balaban J connectivity index is 1.67. The van der Waals surface area contributed by atoms with Gasteiger partial charge in [0.2, 0.25) is 5.75 Å². The molecule has 0 saturated heterocycles. The van der Waals surface area contributed by atoms with Crippen molar-refractivity contribution in [2.45, 2.75) is 20.5 Å². The van der Waals surface area contributed by atoms with Gasteiger partial charge in [0.25, 0.3) is 5.56 Å². The van der Waals surface area contributed by atoms with Gasteiger partial charge in [-0.05, 0) is 59.6 Å². The quantitative estimate of drug-likeness (QED) is 0.159. The molecule has 3 aromatic carbocycles. The summed E-state index contributed by atoms with van der Waals surface area (Å²) in [6.07, 6.45) is 1.38. The lowest BCUT2D eigenvalue weighted by molar-refractivity contribution is -0.386. The maximum Gasteiger partial charge on any atom is 0.312 e. The van der Waals surface area contributed by atoms with Crippen LogP contribution < -0.4 is 10.3 Å². The normalized spacial score (nSPS) is 11.3. The van der Waals surface area contributed by atoms with Crippen LogP contribution >= 0.6 is 31.9 Å². The van der Waals surface area contributed by atoms with Crippen LogP contribution in [0.4, 0.5) is 5.69 Å². The third-order valence-corrected chi connectivity index (χ3v) is 6.12. The number of rotatable bonds is 6. The SMILES string of the molecule is Cc1ccc(COc2c(Br)cc(C=Nn3c(C)nc4ccc(Br)cc4c3=O)cc2[N+](=O)[O-])cc1.